The lowest BCUT2D eigenvalue weighted by atomic mass is 10.3. The normalized spacial score (nSPS) is 11.1. The molecule has 0 atom stereocenters. The summed E-state index contributed by atoms with van der Waals surface area (Å²) in [5.41, 5.74) is -0.752. The van der Waals surface area contributed by atoms with E-state index in [1.54, 1.807) is 37.3 Å². The molecule has 0 fully saturated rings. The van der Waals surface area contributed by atoms with Gasteiger partial charge in [0.15, 0.2) is 5.82 Å². The smallest absolute Gasteiger partial charge is 0.337 e. The van der Waals surface area contributed by atoms with Gasteiger partial charge in [-0.1, -0.05) is 22.8 Å². The zero-order valence-electron chi connectivity index (χ0n) is 15.4. The molecule has 0 saturated heterocycles. The average molecular weight is 431 g/mol. The van der Waals surface area contributed by atoms with Crippen molar-refractivity contribution in [2.75, 3.05) is 5.32 Å². The average Bonchev–Trinajstić information content (AvgIpc) is 3.24. The second kappa shape index (κ2) is 7.34. The predicted molar refractivity (Wildman–Crippen MR) is 111 cm³/mol. The van der Waals surface area contributed by atoms with E-state index < -0.39 is 17.2 Å². The fourth-order valence-electron chi connectivity index (χ4n) is 3.00. The molecule has 0 bridgehead atoms. The van der Waals surface area contributed by atoms with Crippen molar-refractivity contribution >= 4 is 44.9 Å². The topological polar surface area (TPSA) is 99.1 Å². The second-order valence-corrected chi connectivity index (χ2v) is 8.11. The molecule has 10 heteroatoms. The van der Waals surface area contributed by atoms with Crippen molar-refractivity contribution < 1.29 is 9.32 Å². The zero-order chi connectivity index (χ0) is 20.7. The van der Waals surface area contributed by atoms with Gasteiger partial charge in [-0.2, -0.15) is 0 Å². The SMILES string of the molecule is Cc1cc(NC(=O)Cn2c(=O)n(-c3cccc(Cl)c3)c(=O)c3cc(C)sc32)no1. The molecule has 3 aromatic heterocycles. The Hall–Kier alpha value is -3.17. The van der Waals surface area contributed by atoms with E-state index in [9.17, 15) is 14.4 Å². The number of nitrogens with one attached hydrogen (secondary N) is 1. The number of rotatable bonds is 4. The third-order valence-corrected chi connectivity index (χ3v) is 5.51. The Balaban J connectivity index is 1.85. The fourth-order valence-corrected chi connectivity index (χ4v) is 4.18. The number of aromatic nitrogens is 3. The van der Waals surface area contributed by atoms with Crippen molar-refractivity contribution in [2.45, 2.75) is 20.4 Å². The Morgan fingerprint density at radius 1 is 1.24 bits per heavy atom. The number of nitrogens with zero attached hydrogens (tertiary/aromatic N) is 3. The number of aryl methyl sites for hydroxylation is 2. The molecule has 4 aromatic rings. The summed E-state index contributed by atoms with van der Waals surface area (Å²) in [6.07, 6.45) is 0. The van der Waals surface area contributed by atoms with E-state index in [0.29, 0.717) is 26.7 Å². The summed E-state index contributed by atoms with van der Waals surface area (Å²) in [4.78, 5) is 40.0. The Kier molecular flexibility index (Phi) is 4.85. The van der Waals surface area contributed by atoms with Gasteiger partial charge in [-0.15, -0.1) is 11.3 Å². The summed E-state index contributed by atoms with van der Waals surface area (Å²) < 4.78 is 7.22. The predicted octanol–water partition coefficient (Wildman–Crippen LogP) is 3.11. The van der Waals surface area contributed by atoms with Gasteiger partial charge in [0.2, 0.25) is 5.91 Å². The largest absolute Gasteiger partial charge is 0.360 e. The van der Waals surface area contributed by atoms with Crippen molar-refractivity contribution in [3.8, 4) is 5.69 Å². The van der Waals surface area contributed by atoms with Crippen LogP contribution >= 0.6 is 22.9 Å². The third kappa shape index (κ3) is 3.62. The molecule has 0 aliphatic heterocycles. The van der Waals surface area contributed by atoms with Crippen LogP contribution in [-0.2, 0) is 11.3 Å². The number of carbonyl (C=O) groups is 1. The van der Waals surface area contributed by atoms with Crippen molar-refractivity contribution in [2.24, 2.45) is 0 Å². The summed E-state index contributed by atoms with van der Waals surface area (Å²) >= 11 is 7.31. The first-order chi connectivity index (χ1) is 13.8. The lowest BCUT2D eigenvalue weighted by Crippen LogP contribution is -2.40. The molecular weight excluding hydrogens is 416 g/mol. The number of fused-ring (bicyclic) bond motifs is 1. The first kappa shape index (κ1) is 19.2. The minimum atomic E-state index is -0.627. The van der Waals surface area contributed by atoms with E-state index in [2.05, 4.69) is 10.5 Å². The van der Waals surface area contributed by atoms with Gasteiger partial charge >= 0.3 is 5.69 Å². The molecule has 0 spiro atoms. The molecule has 0 aliphatic carbocycles. The van der Waals surface area contributed by atoms with Crippen molar-refractivity contribution in [3.63, 3.8) is 0 Å². The quantitative estimate of drug-likeness (QED) is 0.536. The van der Waals surface area contributed by atoms with Crippen LogP contribution < -0.4 is 16.6 Å². The lowest BCUT2D eigenvalue weighted by molar-refractivity contribution is -0.116. The van der Waals surface area contributed by atoms with Crippen molar-refractivity contribution in [1.82, 2.24) is 14.3 Å². The van der Waals surface area contributed by atoms with Crippen molar-refractivity contribution in [3.05, 3.63) is 72.9 Å². The summed E-state index contributed by atoms with van der Waals surface area (Å²) in [5, 5.41) is 7.05. The molecule has 148 valence electrons. The molecule has 29 heavy (non-hydrogen) atoms. The number of carbonyl (C=O) groups excluding carboxylic acids is 1. The number of benzene rings is 1. The summed E-state index contributed by atoms with van der Waals surface area (Å²) in [5.74, 6) is 0.328. The standard InChI is InChI=1S/C19H15ClN4O4S/c1-10-6-15(22-28-10)21-16(25)9-23-18-14(7-11(2)29-18)17(26)24(19(23)27)13-5-3-4-12(20)8-13/h3-8H,9H2,1-2H3,(H,21,22,25). The Morgan fingerprint density at radius 3 is 2.72 bits per heavy atom. The van der Waals surface area contributed by atoms with Crippen LogP contribution in [0.25, 0.3) is 15.9 Å². The van der Waals surface area contributed by atoms with Gasteiger partial charge in [0, 0.05) is 16.0 Å². The number of hydrogen-bond donors (Lipinski definition) is 1. The monoisotopic (exact) mass is 430 g/mol. The van der Waals surface area contributed by atoms with E-state index >= 15 is 0 Å². The lowest BCUT2D eigenvalue weighted by Gasteiger charge is -2.12. The first-order valence-corrected chi connectivity index (χ1v) is 9.78. The fraction of sp³-hybridized carbons (Fsp3) is 0.158. The highest BCUT2D eigenvalue weighted by Crippen LogP contribution is 2.22. The number of hydrogen-bond acceptors (Lipinski definition) is 6. The van der Waals surface area contributed by atoms with Crippen LogP contribution in [0.1, 0.15) is 10.6 Å². The summed E-state index contributed by atoms with van der Waals surface area (Å²) in [7, 11) is 0. The van der Waals surface area contributed by atoms with Crippen LogP contribution in [0.4, 0.5) is 5.82 Å². The molecule has 3 heterocycles. The Bertz CT molecular complexity index is 1360. The maximum Gasteiger partial charge on any atom is 0.337 e. The van der Waals surface area contributed by atoms with Gasteiger partial charge in [-0.05, 0) is 38.1 Å². The number of amides is 1. The van der Waals surface area contributed by atoms with Crippen LogP contribution in [-0.4, -0.2) is 20.2 Å². The van der Waals surface area contributed by atoms with Crippen LogP contribution in [0.2, 0.25) is 5.02 Å². The second-order valence-electron chi connectivity index (χ2n) is 6.44. The summed E-state index contributed by atoms with van der Waals surface area (Å²) in [6, 6.07) is 9.71. The number of anilines is 1. The number of halogens is 1. The first-order valence-electron chi connectivity index (χ1n) is 8.58. The van der Waals surface area contributed by atoms with E-state index in [0.717, 1.165) is 9.44 Å². The molecule has 0 unspecified atom stereocenters. The molecule has 4 rings (SSSR count). The summed E-state index contributed by atoms with van der Waals surface area (Å²) in [6.45, 7) is 3.24. The van der Waals surface area contributed by atoms with Crippen LogP contribution in [0, 0.1) is 13.8 Å². The number of thiophene rings is 1. The maximum atomic E-state index is 13.2. The molecule has 1 N–H and O–H groups in total. The van der Waals surface area contributed by atoms with E-state index in [1.807, 2.05) is 6.92 Å². The van der Waals surface area contributed by atoms with E-state index in [1.165, 1.54) is 22.0 Å². The minimum absolute atomic E-state index is 0.252. The highest BCUT2D eigenvalue weighted by Gasteiger charge is 2.19. The van der Waals surface area contributed by atoms with E-state index in [-0.39, 0.29) is 12.4 Å². The van der Waals surface area contributed by atoms with Crippen LogP contribution in [0.5, 0.6) is 0 Å². The van der Waals surface area contributed by atoms with Gasteiger partial charge in [0.25, 0.3) is 5.56 Å². The van der Waals surface area contributed by atoms with Gasteiger partial charge in [-0.25, -0.2) is 9.36 Å². The van der Waals surface area contributed by atoms with Crippen molar-refractivity contribution in [1.29, 1.82) is 0 Å². The van der Waals surface area contributed by atoms with Gasteiger partial charge in [-0.3, -0.25) is 14.2 Å². The van der Waals surface area contributed by atoms with Gasteiger partial charge in [0.05, 0.1) is 11.1 Å². The van der Waals surface area contributed by atoms with Gasteiger partial charge < -0.3 is 9.84 Å². The minimum Gasteiger partial charge on any atom is -0.360 e. The van der Waals surface area contributed by atoms with E-state index in [4.69, 9.17) is 16.1 Å². The molecule has 8 nitrogen and oxygen atoms in total. The molecule has 0 saturated carbocycles. The molecule has 0 aliphatic rings. The Morgan fingerprint density at radius 2 is 2.03 bits per heavy atom. The Labute approximate surface area is 172 Å². The molecule has 0 radical (unpaired) electrons. The molecule has 1 amide bonds. The maximum absolute atomic E-state index is 13.2. The van der Waals surface area contributed by atoms with Gasteiger partial charge in [0.1, 0.15) is 17.1 Å². The highest BCUT2D eigenvalue weighted by molar-refractivity contribution is 7.18. The molecular formula is C19H15ClN4O4S. The molecule has 1 aromatic carbocycles. The van der Waals surface area contributed by atoms with Crippen LogP contribution in [0.3, 0.4) is 0 Å². The zero-order valence-corrected chi connectivity index (χ0v) is 17.0. The highest BCUT2D eigenvalue weighted by atomic mass is 35.5. The third-order valence-electron chi connectivity index (χ3n) is 4.20. The van der Waals surface area contributed by atoms with Crippen LogP contribution in [0.15, 0.2) is 50.5 Å².